The Labute approximate surface area is 95.6 Å². The van der Waals surface area contributed by atoms with Crippen LogP contribution in [0.15, 0.2) is 12.4 Å². The number of ether oxygens (including phenoxy) is 1. The monoisotopic (exact) mass is 222 g/mol. The molecule has 2 atom stereocenters. The average molecular weight is 222 g/mol. The van der Waals surface area contributed by atoms with E-state index in [0.717, 1.165) is 25.3 Å². The van der Waals surface area contributed by atoms with Gasteiger partial charge in [-0.25, -0.2) is 4.98 Å². The molecule has 0 amide bonds. The normalized spacial score (nSPS) is 24.9. The summed E-state index contributed by atoms with van der Waals surface area (Å²) in [6, 6.07) is 0. The zero-order chi connectivity index (χ0) is 11.5. The first-order valence-electron chi connectivity index (χ1n) is 5.79. The van der Waals surface area contributed by atoms with Crippen LogP contribution < -0.4 is 0 Å². The maximum atomic E-state index is 11.9. The molecule has 1 aliphatic heterocycles. The molecule has 1 aromatic rings. The summed E-state index contributed by atoms with van der Waals surface area (Å²) in [6.45, 7) is 2.70. The second-order valence-electron chi connectivity index (χ2n) is 4.39. The fourth-order valence-electron chi connectivity index (χ4n) is 2.21. The average Bonchev–Trinajstić information content (AvgIpc) is 2.84. The number of rotatable bonds is 4. The standard InChI is InChI=1S/C12H18N2O2/c1-9-10(5-8-16-9)11(15)3-4-12-13-6-7-14(12)2/h6-7,9-10H,3-5,8H2,1-2H3. The van der Waals surface area contributed by atoms with E-state index in [1.54, 1.807) is 6.20 Å². The molecule has 0 aliphatic carbocycles. The molecule has 1 aliphatic rings. The summed E-state index contributed by atoms with van der Waals surface area (Å²) in [4.78, 5) is 16.2. The van der Waals surface area contributed by atoms with Crippen molar-refractivity contribution >= 4 is 5.78 Å². The summed E-state index contributed by atoms with van der Waals surface area (Å²) in [6.07, 6.45) is 5.94. The predicted molar refractivity (Wildman–Crippen MR) is 60.1 cm³/mol. The summed E-state index contributed by atoms with van der Waals surface area (Å²) in [7, 11) is 1.95. The number of carbonyl (C=O) groups is 1. The number of hydrogen-bond donors (Lipinski definition) is 0. The highest BCUT2D eigenvalue weighted by Gasteiger charge is 2.30. The van der Waals surface area contributed by atoms with Gasteiger partial charge in [-0.05, 0) is 13.3 Å². The van der Waals surface area contributed by atoms with Gasteiger partial charge in [0.15, 0.2) is 0 Å². The minimum atomic E-state index is 0.0915. The van der Waals surface area contributed by atoms with Gasteiger partial charge in [-0.15, -0.1) is 0 Å². The predicted octanol–water partition coefficient (Wildman–Crippen LogP) is 1.35. The maximum Gasteiger partial charge on any atom is 0.139 e. The largest absolute Gasteiger partial charge is 0.378 e. The van der Waals surface area contributed by atoms with Gasteiger partial charge in [0.2, 0.25) is 0 Å². The van der Waals surface area contributed by atoms with E-state index >= 15 is 0 Å². The van der Waals surface area contributed by atoms with Crippen molar-refractivity contribution in [3.05, 3.63) is 18.2 Å². The fourth-order valence-corrected chi connectivity index (χ4v) is 2.21. The van der Waals surface area contributed by atoms with E-state index in [1.807, 2.05) is 24.7 Å². The Morgan fingerprint density at radius 1 is 1.69 bits per heavy atom. The molecule has 0 radical (unpaired) electrons. The lowest BCUT2D eigenvalue weighted by atomic mass is 9.94. The Balaban J connectivity index is 1.86. The lowest BCUT2D eigenvalue weighted by Gasteiger charge is -2.12. The molecule has 0 N–H and O–H groups in total. The zero-order valence-corrected chi connectivity index (χ0v) is 9.85. The molecule has 0 bridgehead atoms. The Bertz CT molecular complexity index is 373. The second kappa shape index (κ2) is 4.78. The molecule has 0 saturated carbocycles. The molecule has 0 aromatic carbocycles. The molecular formula is C12H18N2O2. The van der Waals surface area contributed by atoms with E-state index in [4.69, 9.17) is 4.74 Å². The van der Waals surface area contributed by atoms with Crippen molar-refractivity contribution in [2.24, 2.45) is 13.0 Å². The number of Topliss-reactive ketones (excluding diaryl/α,β-unsaturated/α-hetero) is 1. The van der Waals surface area contributed by atoms with Crippen LogP contribution >= 0.6 is 0 Å². The highest BCUT2D eigenvalue weighted by Crippen LogP contribution is 2.22. The van der Waals surface area contributed by atoms with Crippen LogP contribution in [0.3, 0.4) is 0 Å². The molecule has 0 spiro atoms. The van der Waals surface area contributed by atoms with Crippen LogP contribution in [0.5, 0.6) is 0 Å². The Morgan fingerprint density at radius 2 is 2.50 bits per heavy atom. The van der Waals surface area contributed by atoms with E-state index in [-0.39, 0.29) is 12.0 Å². The van der Waals surface area contributed by atoms with Crippen LogP contribution in [0.25, 0.3) is 0 Å². The zero-order valence-electron chi connectivity index (χ0n) is 9.85. The summed E-state index contributed by atoms with van der Waals surface area (Å²) >= 11 is 0. The number of aromatic nitrogens is 2. The molecular weight excluding hydrogens is 204 g/mol. The molecule has 1 fully saturated rings. The van der Waals surface area contributed by atoms with E-state index in [1.165, 1.54) is 0 Å². The summed E-state index contributed by atoms with van der Waals surface area (Å²) < 4.78 is 7.37. The Morgan fingerprint density at radius 3 is 3.06 bits per heavy atom. The molecule has 2 heterocycles. The van der Waals surface area contributed by atoms with Crippen LogP contribution in [0, 0.1) is 5.92 Å². The van der Waals surface area contributed by atoms with Crippen LogP contribution in [0.2, 0.25) is 0 Å². The van der Waals surface area contributed by atoms with E-state index < -0.39 is 0 Å². The third-order valence-corrected chi connectivity index (χ3v) is 3.31. The van der Waals surface area contributed by atoms with Crippen molar-refractivity contribution in [1.82, 2.24) is 9.55 Å². The van der Waals surface area contributed by atoms with E-state index in [2.05, 4.69) is 4.98 Å². The van der Waals surface area contributed by atoms with Crippen LogP contribution in [-0.4, -0.2) is 28.0 Å². The summed E-state index contributed by atoms with van der Waals surface area (Å²) in [5.41, 5.74) is 0. The molecule has 1 aromatic heterocycles. The number of hydrogen-bond acceptors (Lipinski definition) is 3. The quantitative estimate of drug-likeness (QED) is 0.772. The highest BCUT2D eigenvalue weighted by molar-refractivity contribution is 5.81. The molecule has 2 unspecified atom stereocenters. The fraction of sp³-hybridized carbons (Fsp3) is 0.667. The van der Waals surface area contributed by atoms with Gasteiger partial charge in [0.1, 0.15) is 11.6 Å². The second-order valence-corrected chi connectivity index (χ2v) is 4.39. The smallest absolute Gasteiger partial charge is 0.139 e. The van der Waals surface area contributed by atoms with Crippen LogP contribution in [0.4, 0.5) is 0 Å². The van der Waals surface area contributed by atoms with Gasteiger partial charge in [0.25, 0.3) is 0 Å². The molecule has 2 rings (SSSR count). The van der Waals surface area contributed by atoms with Crippen molar-refractivity contribution < 1.29 is 9.53 Å². The SMILES string of the molecule is CC1OCCC1C(=O)CCc1nccn1C. The summed E-state index contributed by atoms with van der Waals surface area (Å²) in [5.74, 6) is 1.38. The highest BCUT2D eigenvalue weighted by atomic mass is 16.5. The third kappa shape index (κ3) is 2.32. The molecule has 88 valence electrons. The minimum absolute atomic E-state index is 0.0915. The molecule has 1 saturated heterocycles. The van der Waals surface area contributed by atoms with Gasteiger partial charge in [0.05, 0.1) is 6.10 Å². The Hall–Kier alpha value is -1.16. The topological polar surface area (TPSA) is 44.1 Å². The van der Waals surface area contributed by atoms with Gasteiger partial charge in [-0.3, -0.25) is 4.79 Å². The summed E-state index contributed by atoms with van der Waals surface area (Å²) in [5, 5.41) is 0. The first-order chi connectivity index (χ1) is 7.68. The molecule has 4 heteroatoms. The van der Waals surface area contributed by atoms with Gasteiger partial charge >= 0.3 is 0 Å². The first-order valence-corrected chi connectivity index (χ1v) is 5.79. The van der Waals surface area contributed by atoms with Gasteiger partial charge < -0.3 is 9.30 Å². The Kier molecular flexibility index (Phi) is 3.39. The lowest BCUT2D eigenvalue weighted by molar-refractivity contribution is -0.124. The number of aryl methyl sites for hydroxylation is 2. The maximum absolute atomic E-state index is 11.9. The third-order valence-electron chi connectivity index (χ3n) is 3.31. The van der Waals surface area contributed by atoms with Gasteiger partial charge in [-0.1, -0.05) is 0 Å². The van der Waals surface area contributed by atoms with Crippen molar-refractivity contribution in [3.63, 3.8) is 0 Å². The molecule has 16 heavy (non-hydrogen) atoms. The number of ketones is 1. The van der Waals surface area contributed by atoms with Crippen LogP contribution in [0.1, 0.15) is 25.6 Å². The van der Waals surface area contributed by atoms with Crippen molar-refractivity contribution in [2.75, 3.05) is 6.61 Å². The van der Waals surface area contributed by atoms with Crippen molar-refractivity contribution in [1.29, 1.82) is 0 Å². The number of imidazole rings is 1. The van der Waals surface area contributed by atoms with E-state index in [0.29, 0.717) is 12.2 Å². The van der Waals surface area contributed by atoms with Gasteiger partial charge in [-0.2, -0.15) is 0 Å². The molecule has 4 nitrogen and oxygen atoms in total. The van der Waals surface area contributed by atoms with E-state index in [9.17, 15) is 4.79 Å². The number of carbonyl (C=O) groups excluding carboxylic acids is 1. The minimum Gasteiger partial charge on any atom is -0.378 e. The lowest BCUT2D eigenvalue weighted by Crippen LogP contribution is -2.22. The first kappa shape index (κ1) is 11.3. The van der Waals surface area contributed by atoms with Crippen molar-refractivity contribution in [3.8, 4) is 0 Å². The number of nitrogens with zero attached hydrogens (tertiary/aromatic N) is 2. The van der Waals surface area contributed by atoms with Gasteiger partial charge in [0, 0.05) is 44.8 Å². The van der Waals surface area contributed by atoms with Crippen molar-refractivity contribution in [2.45, 2.75) is 32.3 Å². The van der Waals surface area contributed by atoms with Crippen LogP contribution in [-0.2, 0) is 23.0 Å².